The third kappa shape index (κ3) is 2.63. The Labute approximate surface area is 133 Å². The van der Waals surface area contributed by atoms with Gasteiger partial charge in [-0.15, -0.1) is 0 Å². The number of nitrogens with one attached hydrogen (secondary N) is 1. The van der Waals surface area contributed by atoms with E-state index in [9.17, 15) is 4.79 Å². The van der Waals surface area contributed by atoms with Crippen LogP contribution in [-0.4, -0.2) is 20.5 Å². The van der Waals surface area contributed by atoms with Crippen molar-refractivity contribution in [3.8, 4) is 17.1 Å². The van der Waals surface area contributed by atoms with E-state index in [1.165, 1.54) is 5.56 Å². The fourth-order valence-corrected chi connectivity index (χ4v) is 2.52. The van der Waals surface area contributed by atoms with Crippen LogP contribution in [0.3, 0.4) is 0 Å². The summed E-state index contributed by atoms with van der Waals surface area (Å²) < 4.78 is 2.38. The van der Waals surface area contributed by atoms with Gasteiger partial charge in [-0.05, 0) is 50.3 Å². The predicted octanol–water partition coefficient (Wildman–Crippen LogP) is 4.11. The SMILES string of the molecule is CC(=O)c1ccc(-n2c(-c3ccc(C)cc3)n[nH]c2=S)cc1. The van der Waals surface area contributed by atoms with Crippen LogP contribution in [0.15, 0.2) is 48.5 Å². The van der Waals surface area contributed by atoms with Gasteiger partial charge in [-0.3, -0.25) is 14.5 Å². The molecule has 5 heteroatoms. The Morgan fingerprint density at radius 3 is 2.32 bits per heavy atom. The average molecular weight is 309 g/mol. The van der Waals surface area contributed by atoms with Gasteiger partial charge in [0.15, 0.2) is 16.4 Å². The summed E-state index contributed by atoms with van der Waals surface area (Å²) in [6.45, 7) is 3.59. The number of H-pyrrole nitrogens is 1. The molecule has 1 N–H and O–H groups in total. The highest BCUT2D eigenvalue weighted by molar-refractivity contribution is 7.71. The van der Waals surface area contributed by atoms with Crippen molar-refractivity contribution >= 4 is 18.0 Å². The fraction of sp³-hybridized carbons (Fsp3) is 0.118. The predicted molar refractivity (Wildman–Crippen MR) is 88.9 cm³/mol. The molecule has 0 aliphatic carbocycles. The van der Waals surface area contributed by atoms with Crippen LogP contribution in [0.5, 0.6) is 0 Å². The van der Waals surface area contributed by atoms with Crippen LogP contribution in [0.4, 0.5) is 0 Å². The molecule has 1 heterocycles. The molecule has 0 spiro atoms. The van der Waals surface area contributed by atoms with Crippen LogP contribution in [0.25, 0.3) is 17.1 Å². The minimum absolute atomic E-state index is 0.0427. The number of ketones is 1. The highest BCUT2D eigenvalue weighted by atomic mass is 32.1. The van der Waals surface area contributed by atoms with Gasteiger partial charge >= 0.3 is 0 Å². The number of nitrogens with zero attached hydrogens (tertiary/aromatic N) is 2. The summed E-state index contributed by atoms with van der Waals surface area (Å²) in [5.74, 6) is 0.793. The third-order valence-electron chi connectivity index (χ3n) is 3.51. The largest absolute Gasteiger partial charge is 0.295 e. The molecule has 110 valence electrons. The number of hydrogen-bond donors (Lipinski definition) is 1. The van der Waals surface area contributed by atoms with Crippen molar-refractivity contribution in [1.29, 1.82) is 0 Å². The molecule has 1 aromatic heterocycles. The van der Waals surface area contributed by atoms with Crippen molar-refractivity contribution in [2.75, 3.05) is 0 Å². The monoisotopic (exact) mass is 309 g/mol. The molecule has 22 heavy (non-hydrogen) atoms. The van der Waals surface area contributed by atoms with Gasteiger partial charge in [-0.1, -0.05) is 29.8 Å². The van der Waals surface area contributed by atoms with E-state index in [1.807, 2.05) is 47.9 Å². The van der Waals surface area contributed by atoms with Crippen molar-refractivity contribution in [3.63, 3.8) is 0 Å². The van der Waals surface area contributed by atoms with E-state index in [4.69, 9.17) is 12.2 Å². The zero-order valence-corrected chi connectivity index (χ0v) is 13.1. The number of aromatic amines is 1. The summed E-state index contributed by atoms with van der Waals surface area (Å²) in [5, 5.41) is 7.16. The molecular weight excluding hydrogens is 294 g/mol. The maximum atomic E-state index is 11.4. The maximum absolute atomic E-state index is 11.4. The number of carbonyl (C=O) groups excluding carboxylic acids is 1. The first kappa shape index (κ1) is 14.4. The molecule has 0 saturated carbocycles. The first-order valence-corrected chi connectivity index (χ1v) is 7.33. The number of Topliss-reactive ketones (excluding diaryl/α,β-unsaturated/α-hetero) is 1. The summed E-state index contributed by atoms with van der Waals surface area (Å²) in [6.07, 6.45) is 0. The molecule has 0 unspecified atom stereocenters. The third-order valence-corrected chi connectivity index (χ3v) is 3.79. The van der Waals surface area contributed by atoms with Crippen LogP contribution in [0.2, 0.25) is 0 Å². The van der Waals surface area contributed by atoms with Gasteiger partial charge in [0.05, 0.1) is 5.69 Å². The van der Waals surface area contributed by atoms with Crippen LogP contribution in [-0.2, 0) is 0 Å². The minimum atomic E-state index is 0.0427. The second-order valence-electron chi connectivity index (χ2n) is 5.16. The van der Waals surface area contributed by atoms with E-state index in [0.29, 0.717) is 10.3 Å². The summed E-state index contributed by atoms with van der Waals surface area (Å²) >= 11 is 5.34. The highest BCUT2D eigenvalue weighted by Gasteiger charge is 2.11. The number of rotatable bonds is 3. The van der Waals surface area contributed by atoms with E-state index >= 15 is 0 Å². The summed E-state index contributed by atoms with van der Waals surface area (Å²) in [4.78, 5) is 11.4. The number of carbonyl (C=O) groups is 1. The second-order valence-corrected chi connectivity index (χ2v) is 5.54. The van der Waals surface area contributed by atoms with Gasteiger partial charge in [0.1, 0.15) is 0 Å². The van der Waals surface area contributed by atoms with E-state index in [1.54, 1.807) is 19.1 Å². The Bertz CT molecular complexity index is 874. The normalized spacial score (nSPS) is 10.6. The molecular formula is C17H15N3OS. The van der Waals surface area contributed by atoms with E-state index in [2.05, 4.69) is 10.2 Å². The van der Waals surface area contributed by atoms with E-state index in [0.717, 1.165) is 17.1 Å². The van der Waals surface area contributed by atoms with E-state index < -0.39 is 0 Å². The van der Waals surface area contributed by atoms with Crippen molar-refractivity contribution in [2.45, 2.75) is 13.8 Å². The van der Waals surface area contributed by atoms with Crippen LogP contribution in [0.1, 0.15) is 22.8 Å². The van der Waals surface area contributed by atoms with Gasteiger partial charge < -0.3 is 0 Å². The Hall–Kier alpha value is -2.53. The van der Waals surface area contributed by atoms with Crippen molar-refractivity contribution < 1.29 is 4.79 Å². The summed E-state index contributed by atoms with van der Waals surface area (Å²) in [6, 6.07) is 15.4. The smallest absolute Gasteiger partial charge is 0.200 e. The molecule has 4 nitrogen and oxygen atoms in total. The number of hydrogen-bond acceptors (Lipinski definition) is 3. The molecule has 0 radical (unpaired) electrons. The highest BCUT2D eigenvalue weighted by Crippen LogP contribution is 2.22. The zero-order chi connectivity index (χ0) is 15.7. The van der Waals surface area contributed by atoms with Gasteiger partial charge in [-0.25, -0.2) is 0 Å². The first-order chi connectivity index (χ1) is 10.6. The zero-order valence-electron chi connectivity index (χ0n) is 12.3. The quantitative estimate of drug-likeness (QED) is 0.585. The maximum Gasteiger partial charge on any atom is 0.200 e. The van der Waals surface area contributed by atoms with Crippen LogP contribution in [0, 0.1) is 11.7 Å². The molecule has 0 atom stereocenters. The fourth-order valence-electron chi connectivity index (χ4n) is 2.28. The Kier molecular flexibility index (Phi) is 3.73. The Morgan fingerprint density at radius 1 is 1.09 bits per heavy atom. The summed E-state index contributed by atoms with van der Waals surface area (Å²) in [5.41, 5.74) is 3.72. The molecule has 0 fully saturated rings. The topological polar surface area (TPSA) is 50.7 Å². The Balaban J connectivity index is 2.11. The lowest BCUT2D eigenvalue weighted by molar-refractivity contribution is 0.101. The van der Waals surface area contributed by atoms with Gasteiger partial charge in [0, 0.05) is 11.1 Å². The van der Waals surface area contributed by atoms with Crippen molar-refractivity contribution in [3.05, 3.63) is 64.4 Å². The molecule has 3 rings (SSSR count). The van der Waals surface area contributed by atoms with Gasteiger partial charge in [-0.2, -0.15) is 5.10 Å². The minimum Gasteiger partial charge on any atom is -0.295 e. The molecule has 3 aromatic rings. The van der Waals surface area contributed by atoms with Gasteiger partial charge in [0.25, 0.3) is 0 Å². The number of aryl methyl sites for hydroxylation is 1. The van der Waals surface area contributed by atoms with Crippen LogP contribution >= 0.6 is 12.2 Å². The van der Waals surface area contributed by atoms with Crippen LogP contribution < -0.4 is 0 Å². The number of aromatic nitrogens is 3. The molecule has 0 amide bonds. The lowest BCUT2D eigenvalue weighted by Gasteiger charge is -2.08. The molecule has 0 aliphatic rings. The average Bonchev–Trinajstić information content (AvgIpc) is 2.90. The molecule has 0 aliphatic heterocycles. The molecule has 0 saturated heterocycles. The van der Waals surface area contributed by atoms with Crippen molar-refractivity contribution in [2.24, 2.45) is 0 Å². The number of benzene rings is 2. The Morgan fingerprint density at radius 2 is 1.73 bits per heavy atom. The second kappa shape index (κ2) is 5.69. The lowest BCUT2D eigenvalue weighted by Crippen LogP contribution is -1.99. The first-order valence-electron chi connectivity index (χ1n) is 6.92. The lowest BCUT2D eigenvalue weighted by atomic mass is 10.1. The standard InChI is InChI=1S/C17H15N3OS/c1-11-3-5-14(6-4-11)16-18-19-17(22)20(16)15-9-7-13(8-10-15)12(2)21/h3-10H,1-2H3,(H,19,22). The van der Waals surface area contributed by atoms with Crippen molar-refractivity contribution in [1.82, 2.24) is 14.8 Å². The summed E-state index contributed by atoms with van der Waals surface area (Å²) in [7, 11) is 0. The van der Waals surface area contributed by atoms with Gasteiger partial charge in [0.2, 0.25) is 0 Å². The molecule has 2 aromatic carbocycles. The van der Waals surface area contributed by atoms with E-state index in [-0.39, 0.29) is 5.78 Å². The molecule has 0 bridgehead atoms.